The molecule has 1 saturated heterocycles. The molecule has 2 amide bonds. The van der Waals surface area contributed by atoms with E-state index in [4.69, 9.17) is 5.11 Å². The van der Waals surface area contributed by atoms with Crippen molar-refractivity contribution in [3.05, 3.63) is 35.7 Å². The number of nitrogens with zero attached hydrogens (tertiary/aromatic N) is 2. The van der Waals surface area contributed by atoms with Gasteiger partial charge in [0.2, 0.25) is 5.91 Å². The van der Waals surface area contributed by atoms with E-state index >= 15 is 0 Å². The number of amides is 2. The Labute approximate surface area is 193 Å². The van der Waals surface area contributed by atoms with E-state index in [-0.39, 0.29) is 30.2 Å². The summed E-state index contributed by atoms with van der Waals surface area (Å²) < 4.78 is 0. The Morgan fingerprint density at radius 3 is 2.68 bits per heavy atom. The summed E-state index contributed by atoms with van der Waals surface area (Å²) in [6, 6.07) is 4.25. The number of aromatic hydroxyl groups is 1. The number of hydrogen-bond donors (Lipinski definition) is 5. The van der Waals surface area contributed by atoms with Crippen molar-refractivity contribution in [1.29, 1.82) is 0 Å². The molecule has 1 aromatic carbocycles. The molecule has 0 saturated carbocycles. The molecule has 0 unspecified atom stereocenters. The Morgan fingerprint density at radius 1 is 1.21 bits per heavy atom. The number of phenols is 1. The van der Waals surface area contributed by atoms with Crippen LogP contribution in [0.5, 0.6) is 5.75 Å². The van der Waals surface area contributed by atoms with Crippen molar-refractivity contribution in [3.8, 4) is 5.75 Å². The Kier molecular flexibility index (Phi) is 6.10. The smallest absolute Gasteiger partial charge is 0.326 e. The van der Waals surface area contributed by atoms with E-state index < -0.39 is 29.9 Å². The van der Waals surface area contributed by atoms with Crippen LogP contribution in [0.1, 0.15) is 42.4 Å². The number of pyridine rings is 1. The van der Waals surface area contributed by atoms with Gasteiger partial charge in [-0.2, -0.15) is 0 Å². The first kappa shape index (κ1) is 23.0. The fourth-order valence-electron chi connectivity index (χ4n) is 4.27. The van der Waals surface area contributed by atoms with Crippen LogP contribution >= 0.6 is 0 Å². The van der Waals surface area contributed by atoms with Crippen LogP contribution in [0.4, 0.5) is 0 Å². The van der Waals surface area contributed by atoms with Gasteiger partial charge in [-0.15, -0.1) is 0 Å². The lowest BCUT2D eigenvalue weighted by Crippen LogP contribution is -2.40. The van der Waals surface area contributed by atoms with Gasteiger partial charge in [0.15, 0.2) is 0 Å². The number of phenolic OH excluding ortho intramolecular Hbond substituents is 1. The molecule has 178 valence electrons. The fourth-order valence-corrected chi connectivity index (χ4v) is 4.27. The maximum absolute atomic E-state index is 12.8. The highest BCUT2D eigenvalue weighted by Gasteiger charge is 2.33. The SMILES string of the molecule is C[C@H](NC(=O)c1cc2c([nH]c3ccc(O)cc32)c(CCC(=O)N2CCC[C@H]2C(=O)O)n1)C(=O)O. The summed E-state index contributed by atoms with van der Waals surface area (Å²) in [6.07, 6.45) is 1.15. The maximum atomic E-state index is 12.8. The predicted molar refractivity (Wildman–Crippen MR) is 121 cm³/mol. The Balaban J connectivity index is 1.70. The van der Waals surface area contributed by atoms with Crippen molar-refractivity contribution < 1.29 is 34.5 Å². The second kappa shape index (κ2) is 9.00. The number of carbonyl (C=O) groups excluding carboxylic acids is 2. The zero-order chi connectivity index (χ0) is 24.6. The molecule has 2 aromatic heterocycles. The van der Waals surface area contributed by atoms with Gasteiger partial charge < -0.3 is 30.5 Å². The molecule has 4 rings (SSSR count). The number of rotatable bonds is 7. The molecule has 0 aliphatic carbocycles. The number of hydrogen-bond acceptors (Lipinski definition) is 6. The third-order valence-corrected chi connectivity index (χ3v) is 6.03. The average Bonchev–Trinajstić information content (AvgIpc) is 3.42. The number of likely N-dealkylation sites (tertiary alicyclic amines) is 1. The van der Waals surface area contributed by atoms with E-state index in [1.54, 1.807) is 6.07 Å². The van der Waals surface area contributed by atoms with Gasteiger partial charge in [-0.1, -0.05) is 0 Å². The molecule has 1 aliphatic heterocycles. The molecule has 5 N–H and O–H groups in total. The number of carbonyl (C=O) groups is 4. The molecule has 11 heteroatoms. The number of aliphatic carboxylic acids is 2. The molecule has 2 atom stereocenters. The lowest BCUT2D eigenvalue weighted by Gasteiger charge is -2.21. The van der Waals surface area contributed by atoms with Crippen molar-refractivity contribution in [2.75, 3.05) is 6.54 Å². The van der Waals surface area contributed by atoms with Crippen LogP contribution in [-0.4, -0.2) is 72.6 Å². The summed E-state index contributed by atoms with van der Waals surface area (Å²) >= 11 is 0. The number of aromatic amines is 1. The topological polar surface area (TPSA) is 173 Å². The van der Waals surface area contributed by atoms with Gasteiger partial charge in [0.05, 0.1) is 11.2 Å². The number of carboxylic acid groups (broad SMARTS) is 2. The van der Waals surface area contributed by atoms with Gasteiger partial charge in [-0.05, 0) is 44.0 Å². The summed E-state index contributed by atoms with van der Waals surface area (Å²) in [7, 11) is 0. The summed E-state index contributed by atoms with van der Waals surface area (Å²) in [5, 5.41) is 32.0. The van der Waals surface area contributed by atoms with Gasteiger partial charge in [0, 0.05) is 35.7 Å². The molecule has 0 radical (unpaired) electrons. The Hall–Kier alpha value is -4.15. The number of carboxylic acids is 2. The summed E-state index contributed by atoms with van der Waals surface area (Å²) in [5.74, 6) is -3.21. The molecule has 3 heterocycles. The number of nitrogens with one attached hydrogen (secondary N) is 2. The highest BCUT2D eigenvalue weighted by Crippen LogP contribution is 2.31. The number of aryl methyl sites for hydroxylation is 1. The summed E-state index contributed by atoms with van der Waals surface area (Å²) in [6.45, 7) is 1.71. The van der Waals surface area contributed by atoms with Crippen molar-refractivity contribution in [3.63, 3.8) is 0 Å². The first-order chi connectivity index (χ1) is 16.2. The van der Waals surface area contributed by atoms with Crippen LogP contribution in [0.25, 0.3) is 21.8 Å². The molecule has 3 aromatic rings. The largest absolute Gasteiger partial charge is 0.508 e. The Morgan fingerprint density at radius 2 is 1.97 bits per heavy atom. The van der Waals surface area contributed by atoms with E-state index in [1.807, 2.05) is 0 Å². The second-order valence-electron chi connectivity index (χ2n) is 8.35. The van der Waals surface area contributed by atoms with Crippen LogP contribution in [0, 0.1) is 0 Å². The average molecular weight is 468 g/mol. The van der Waals surface area contributed by atoms with Crippen molar-refractivity contribution in [2.45, 2.75) is 44.7 Å². The van der Waals surface area contributed by atoms with Crippen LogP contribution < -0.4 is 5.32 Å². The number of H-pyrrole nitrogens is 1. The number of fused-ring (bicyclic) bond motifs is 3. The van der Waals surface area contributed by atoms with Gasteiger partial charge in [-0.25, -0.2) is 9.78 Å². The van der Waals surface area contributed by atoms with Crippen LogP contribution in [0.3, 0.4) is 0 Å². The minimum atomic E-state index is -1.20. The van der Waals surface area contributed by atoms with E-state index in [2.05, 4.69) is 15.3 Å². The van der Waals surface area contributed by atoms with Gasteiger partial charge in [-0.3, -0.25) is 14.4 Å². The van der Waals surface area contributed by atoms with E-state index in [9.17, 15) is 29.4 Å². The second-order valence-corrected chi connectivity index (χ2v) is 8.35. The molecule has 11 nitrogen and oxygen atoms in total. The lowest BCUT2D eigenvalue weighted by atomic mass is 10.1. The molecular weight excluding hydrogens is 444 g/mol. The summed E-state index contributed by atoms with van der Waals surface area (Å²) in [5.41, 5.74) is 1.63. The summed E-state index contributed by atoms with van der Waals surface area (Å²) in [4.78, 5) is 57.0. The van der Waals surface area contributed by atoms with Gasteiger partial charge in [0.25, 0.3) is 5.91 Å². The molecule has 1 aliphatic rings. The minimum absolute atomic E-state index is 0.0108. The highest BCUT2D eigenvalue weighted by molar-refractivity contribution is 6.10. The monoisotopic (exact) mass is 468 g/mol. The molecule has 0 bridgehead atoms. The van der Waals surface area contributed by atoms with Crippen LogP contribution in [0.15, 0.2) is 24.3 Å². The standard InChI is InChI=1S/C23H24N4O7/c1-11(22(31)32)24-21(30)17-10-14-13-9-12(28)4-5-15(13)26-20(14)16(25-17)6-7-19(29)27-8-2-3-18(27)23(33)34/h4-5,9-11,18,26,28H,2-3,6-8H2,1H3,(H,24,30)(H,31,32)(H,33,34)/t11-,18-/m0/s1. The predicted octanol–water partition coefficient (Wildman–Crippen LogP) is 1.63. The number of benzene rings is 1. The Bertz CT molecular complexity index is 1320. The minimum Gasteiger partial charge on any atom is -0.508 e. The zero-order valence-corrected chi connectivity index (χ0v) is 18.4. The van der Waals surface area contributed by atoms with E-state index in [0.29, 0.717) is 46.9 Å². The fraction of sp³-hybridized carbons (Fsp3) is 0.348. The number of aromatic nitrogens is 2. The quantitative estimate of drug-likeness (QED) is 0.348. The van der Waals surface area contributed by atoms with E-state index in [0.717, 1.165) is 0 Å². The highest BCUT2D eigenvalue weighted by atomic mass is 16.4. The van der Waals surface area contributed by atoms with Crippen molar-refractivity contribution >= 4 is 45.6 Å². The molecule has 0 spiro atoms. The first-order valence-electron chi connectivity index (χ1n) is 10.9. The van der Waals surface area contributed by atoms with Crippen molar-refractivity contribution in [1.82, 2.24) is 20.2 Å². The van der Waals surface area contributed by atoms with Gasteiger partial charge in [0.1, 0.15) is 23.5 Å². The van der Waals surface area contributed by atoms with Gasteiger partial charge >= 0.3 is 11.9 Å². The van der Waals surface area contributed by atoms with E-state index in [1.165, 1.54) is 30.0 Å². The third kappa shape index (κ3) is 4.36. The van der Waals surface area contributed by atoms with Crippen molar-refractivity contribution in [2.24, 2.45) is 0 Å². The molecule has 1 fully saturated rings. The van der Waals surface area contributed by atoms with Crippen LogP contribution in [0.2, 0.25) is 0 Å². The third-order valence-electron chi connectivity index (χ3n) is 6.03. The lowest BCUT2D eigenvalue weighted by molar-refractivity contribution is -0.148. The molecular formula is C23H24N4O7. The normalized spacial score (nSPS) is 16.6. The maximum Gasteiger partial charge on any atom is 0.326 e. The first-order valence-corrected chi connectivity index (χ1v) is 10.9. The van der Waals surface area contributed by atoms with Crippen LogP contribution in [-0.2, 0) is 20.8 Å². The molecule has 34 heavy (non-hydrogen) atoms. The zero-order valence-electron chi connectivity index (χ0n) is 18.4.